The highest BCUT2D eigenvalue weighted by atomic mass is 32.1. The highest BCUT2D eigenvalue weighted by Gasteiger charge is 2.13. The van der Waals surface area contributed by atoms with Gasteiger partial charge in [-0.3, -0.25) is 4.79 Å². The van der Waals surface area contributed by atoms with Gasteiger partial charge in [0.25, 0.3) is 5.56 Å². The molecule has 2 heterocycles. The van der Waals surface area contributed by atoms with E-state index in [0.717, 1.165) is 15.6 Å². The largest absolute Gasteiger partial charge is 0.494 e. The Morgan fingerprint density at radius 1 is 1.14 bits per heavy atom. The Labute approximate surface area is 129 Å². The van der Waals surface area contributed by atoms with Crippen LogP contribution in [0.5, 0.6) is 5.75 Å². The minimum absolute atomic E-state index is 0.170. The smallest absolute Gasteiger partial charge is 0.281 e. The van der Waals surface area contributed by atoms with Crippen LogP contribution in [0.15, 0.2) is 53.5 Å². The van der Waals surface area contributed by atoms with E-state index < -0.39 is 0 Å². The highest BCUT2D eigenvalue weighted by Crippen LogP contribution is 2.30. The van der Waals surface area contributed by atoms with Crippen molar-refractivity contribution in [2.24, 2.45) is 0 Å². The number of aromatic nitrogens is 3. The van der Waals surface area contributed by atoms with E-state index in [1.54, 1.807) is 19.4 Å². The van der Waals surface area contributed by atoms with E-state index in [-0.39, 0.29) is 5.56 Å². The van der Waals surface area contributed by atoms with Crippen molar-refractivity contribution in [1.29, 1.82) is 0 Å². The fourth-order valence-corrected chi connectivity index (χ4v) is 3.33. The van der Waals surface area contributed by atoms with Crippen molar-refractivity contribution in [3.63, 3.8) is 0 Å². The number of fused-ring (bicyclic) bond motifs is 2. The van der Waals surface area contributed by atoms with Crippen LogP contribution in [0.25, 0.3) is 26.1 Å². The number of ether oxygens (including phenoxy) is 1. The summed E-state index contributed by atoms with van der Waals surface area (Å²) in [7, 11) is 1.61. The van der Waals surface area contributed by atoms with Gasteiger partial charge < -0.3 is 4.74 Å². The molecule has 0 N–H and O–H groups in total. The van der Waals surface area contributed by atoms with Gasteiger partial charge in [0.2, 0.25) is 5.13 Å². The van der Waals surface area contributed by atoms with Gasteiger partial charge in [0.15, 0.2) is 0 Å². The van der Waals surface area contributed by atoms with Crippen LogP contribution in [0, 0.1) is 0 Å². The Balaban J connectivity index is 1.99. The second-order valence-electron chi connectivity index (χ2n) is 4.75. The maximum Gasteiger partial charge on any atom is 0.281 e. The number of hydrogen-bond acceptors (Lipinski definition) is 5. The van der Waals surface area contributed by atoms with Gasteiger partial charge in [0.1, 0.15) is 11.3 Å². The molecule has 108 valence electrons. The average Bonchev–Trinajstić information content (AvgIpc) is 2.99. The molecule has 0 saturated heterocycles. The summed E-state index contributed by atoms with van der Waals surface area (Å²) in [5, 5.41) is 6.23. The van der Waals surface area contributed by atoms with E-state index in [2.05, 4.69) is 10.1 Å². The zero-order valence-electron chi connectivity index (χ0n) is 11.7. The number of rotatable bonds is 2. The molecule has 0 bridgehead atoms. The van der Waals surface area contributed by atoms with Gasteiger partial charge >= 0.3 is 0 Å². The van der Waals surface area contributed by atoms with Crippen LogP contribution in [0.2, 0.25) is 0 Å². The van der Waals surface area contributed by atoms with E-state index in [9.17, 15) is 4.79 Å². The van der Waals surface area contributed by atoms with Crippen LogP contribution in [0.1, 0.15) is 0 Å². The summed E-state index contributed by atoms with van der Waals surface area (Å²) in [4.78, 5) is 17.1. The standard InChI is InChI=1S/C16H11N3O2S/c1-21-12-7-4-8-13-14(12)18-16(22-13)19-15(20)11-6-3-2-5-10(11)9-17-19/h2-9H,1H3. The normalized spacial score (nSPS) is 11.1. The minimum Gasteiger partial charge on any atom is -0.494 e. The molecule has 0 saturated carbocycles. The zero-order valence-corrected chi connectivity index (χ0v) is 12.5. The van der Waals surface area contributed by atoms with Crippen LogP contribution in [0.4, 0.5) is 0 Å². The van der Waals surface area contributed by atoms with Crippen LogP contribution in [-0.2, 0) is 0 Å². The monoisotopic (exact) mass is 309 g/mol. The minimum atomic E-state index is -0.170. The summed E-state index contributed by atoms with van der Waals surface area (Å²) in [6.07, 6.45) is 1.68. The van der Waals surface area contributed by atoms with Crippen LogP contribution >= 0.6 is 11.3 Å². The van der Waals surface area contributed by atoms with Gasteiger partial charge in [0, 0.05) is 5.39 Å². The van der Waals surface area contributed by atoms with Gasteiger partial charge in [0.05, 0.1) is 23.4 Å². The third-order valence-electron chi connectivity index (χ3n) is 3.47. The third-order valence-corrected chi connectivity index (χ3v) is 4.46. The van der Waals surface area contributed by atoms with E-state index in [4.69, 9.17) is 4.74 Å². The molecular weight excluding hydrogens is 298 g/mol. The van der Waals surface area contributed by atoms with Gasteiger partial charge in [-0.2, -0.15) is 9.78 Å². The van der Waals surface area contributed by atoms with E-state index in [0.29, 0.717) is 16.3 Å². The van der Waals surface area contributed by atoms with E-state index in [1.807, 2.05) is 36.4 Å². The molecule has 0 amide bonds. The second kappa shape index (κ2) is 4.92. The molecule has 0 fully saturated rings. The molecule has 0 unspecified atom stereocenters. The molecule has 2 aromatic heterocycles. The number of methoxy groups -OCH3 is 1. The van der Waals surface area contributed by atoms with Crippen molar-refractivity contribution in [2.45, 2.75) is 0 Å². The van der Waals surface area contributed by atoms with Gasteiger partial charge in [-0.05, 0) is 18.2 Å². The maximum absolute atomic E-state index is 12.6. The fraction of sp³-hybridized carbons (Fsp3) is 0.0625. The molecule has 6 heteroatoms. The van der Waals surface area contributed by atoms with Crippen molar-refractivity contribution >= 4 is 32.3 Å². The third kappa shape index (κ3) is 1.88. The van der Waals surface area contributed by atoms with Crippen molar-refractivity contribution < 1.29 is 4.74 Å². The molecule has 0 spiro atoms. The summed E-state index contributed by atoms with van der Waals surface area (Å²) in [5.41, 5.74) is 0.572. The van der Waals surface area contributed by atoms with Gasteiger partial charge in [-0.15, -0.1) is 0 Å². The summed E-state index contributed by atoms with van der Waals surface area (Å²) in [6, 6.07) is 13.1. The summed E-state index contributed by atoms with van der Waals surface area (Å²) in [5.74, 6) is 0.689. The predicted molar refractivity (Wildman–Crippen MR) is 87.1 cm³/mol. The quantitative estimate of drug-likeness (QED) is 0.571. The lowest BCUT2D eigenvalue weighted by Crippen LogP contribution is -2.20. The highest BCUT2D eigenvalue weighted by molar-refractivity contribution is 7.20. The van der Waals surface area contributed by atoms with Crippen LogP contribution < -0.4 is 10.3 Å². The summed E-state index contributed by atoms with van der Waals surface area (Å²) >= 11 is 1.41. The van der Waals surface area contributed by atoms with Crippen molar-refractivity contribution in [1.82, 2.24) is 14.8 Å². The first-order chi connectivity index (χ1) is 10.8. The van der Waals surface area contributed by atoms with Crippen molar-refractivity contribution in [3.8, 4) is 10.9 Å². The molecular formula is C16H11N3O2S. The molecule has 4 rings (SSSR count). The number of thiazole rings is 1. The maximum atomic E-state index is 12.6. The van der Waals surface area contributed by atoms with Crippen LogP contribution in [0.3, 0.4) is 0 Å². The molecule has 0 aliphatic rings. The Bertz CT molecular complexity index is 1050. The van der Waals surface area contributed by atoms with Crippen molar-refractivity contribution in [2.75, 3.05) is 7.11 Å². The molecule has 5 nitrogen and oxygen atoms in total. The first kappa shape index (κ1) is 13.0. The number of nitrogens with zero attached hydrogens (tertiary/aromatic N) is 3. The lowest BCUT2D eigenvalue weighted by Gasteiger charge is -2.01. The Morgan fingerprint density at radius 3 is 2.86 bits per heavy atom. The molecule has 0 radical (unpaired) electrons. The number of hydrogen-bond donors (Lipinski definition) is 0. The number of para-hydroxylation sites is 1. The topological polar surface area (TPSA) is 57.0 Å². The van der Waals surface area contributed by atoms with Gasteiger partial charge in [-0.1, -0.05) is 35.6 Å². The molecule has 0 aliphatic heterocycles. The Kier molecular flexibility index (Phi) is 2.90. The fourth-order valence-electron chi connectivity index (χ4n) is 2.39. The van der Waals surface area contributed by atoms with Crippen molar-refractivity contribution in [3.05, 3.63) is 59.0 Å². The predicted octanol–water partition coefficient (Wildman–Crippen LogP) is 3.00. The molecule has 22 heavy (non-hydrogen) atoms. The van der Waals surface area contributed by atoms with E-state index in [1.165, 1.54) is 16.0 Å². The zero-order chi connectivity index (χ0) is 15.1. The summed E-state index contributed by atoms with van der Waals surface area (Å²) < 4.78 is 7.61. The Hall–Kier alpha value is -2.73. The molecule has 0 aliphatic carbocycles. The lowest BCUT2D eigenvalue weighted by atomic mass is 10.2. The molecule has 0 atom stereocenters. The first-order valence-corrected chi connectivity index (χ1v) is 7.50. The van der Waals surface area contributed by atoms with Gasteiger partial charge in [-0.25, -0.2) is 4.98 Å². The average molecular weight is 309 g/mol. The SMILES string of the molecule is COc1cccc2sc(-n3ncc4ccccc4c3=O)nc12. The second-order valence-corrected chi connectivity index (χ2v) is 5.76. The number of benzene rings is 2. The first-order valence-electron chi connectivity index (χ1n) is 6.69. The molecule has 2 aromatic carbocycles. The summed E-state index contributed by atoms with van der Waals surface area (Å²) in [6.45, 7) is 0. The van der Waals surface area contributed by atoms with E-state index >= 15 is 0 Å². The molecule has 4 aromatic rings. The van der Waals surface area contributed by atoms with Crippen LogP contribution in [-0.4, -0.2) is 21.9 Å². The Morgan fingerprint density at radius 2 is 2.00 bits per heavy atom. The lowest BCUT2D eigenvalue weighted by molar-refractivity contribution is 0.419.